The second-order valence-electron chi connectivity index (χ2n) is 4.08. The number of hydrogen-bond donors (Lipinski definition) is 1. The molecule has 0 spiro atoms. The van der Waals surface area contributed by atoms with Crippen molar-refractivity contribution in [2.45, 2.75) is 25.1 Å². The van der Waals surface area contributed by atoms with Crippen LogP contribution in [0.2, 0.25) is 0 Å². The normalized spacial score (nSPS) is 12.2. The van der Waals surface area contributed by atoms with Gasteiger partial charge < -0.3 is 5.32 Å². The number of carbonyl (C=O) groups excluding carboxylic acids is 1. The highest BCUT2D eigenvalue weighted by molar-refractivity contribution is 9.10. The molecule has 1 atom stereocenters. The number of alkyl halides is 1. The fourth-order valence-electron chi connectivity index (χ4n) is 1.68. The van der Waals surface area contributed by atoms with Crippen LogP contribution in [0.4, 0.5) is 5.69 Å². The highest BCUT2D eigenvalue weighted by atomic mass is 79.9. The summed E-state index contributed by atoms with van der Waals surface area (Å²) in [5.74, 6) is 1.41. The summed E-state index contributed by atoms with van der Waals surface area (Å²) in [6, 6.07) is 3.62. The van der Waals surface area contributed by atoms with E-state index in [1.807, 2.05) is 30.7 Å². The van der Waals surface area contributed by atoms with Crippen LogP contribution in [0.3, 0.4) is 0 Å². The Labute approximate surface area is 120 Å². The molecule has 0 aromatic carbocycles. The number of aromatic nitrogens is 3. The Balaban J connectivity index is 2.32. The van der Waals surface area contributed by atoms with E-state index < -0.39 is 0 Å². The van der Waals surface area contributed by atoms with Crippen molar-refractivity contribution >= 4 is 27.5 Å². The number of pyridine rings is 1. The molecule has 0 saturated carbocycles. The van der Waals surface area contributed by atoms with Gasteiger partial charge in [-0.2, -0.15) is 0 Å². The zero-order valence-electron chi connectivity index (χ0n) is 10.8. The van der Waals surface area contributed by atoms with E-state index in [4.69, 9.17) is 0 Å². The van der Waals surface area contributed by atoms with Gasteiger partial charge in [0.1, 0.15) is 5.82 Å². The number of halogens is 1. The van der Waals surface area contributed by atoms with E-state index in [1.165, 1.54) is 0 Å². The van der Waals surface area contributed by atoms with E-state index in [-0.39, 0.29) is 10.7 Å². The van der Waals surface area contributed by atoms with Gasteiger partial charge >= 0.3 is 0 Å². The highest BCUT2D eigenvalue weighted by Crippen LogP contribution is 2.19. The van der Waals surface area contributed by atoms with Crippen LogP contribution in [0.15, 0.2) is 30.7 Å². The Morgan fingerprint density at radius 1 is 1.47 bits per heavy atom. The quantitative estimate of drug-likeness (QED) is 0.880. The number of nitrogens with zero attached hydrogens (tertiary/aromatic N) is 3. The fourth-order valence-corrected chi connectivity index (χ4v) is 1.80. The average Bonchev–Trinajstić information content (AvgIpc) is 2.84. The number of nitrogens with one attached hydrogen (secondary N) is 1. The zero-order chi connectivity index (χ0) is 13.8. The van der Waals surface area contributed by atoms with Crippen LogP contribution in [0.25, 0.3) is 5.82 Å². The summed E-state index contributed by atoms with van der Waals surface area (Å²) in [6.45, 7) is 3.84. The van der Waals surface area contributed by atoms with Gasteiger partial charge in [0.25, 0.3) is 0 Å². The molecule has 1 amide bonds. The molecule has 6 heteroatoms. The van der Waals surface area contributed by atoms with Gasteiger partial charge in [0.2, 0.25) is 5.91 Å². The fraction of sp³-hybridized carbons (Fsp3) is 0.308. The van der Waals surface area contributed by atoms with E-state index in [1.54, 1.807) is 18.5 Å². The zero-order valence-corrected chi connectivity index (χ0v) is 12.4. The molecule has 1 N–H and O–H groups in total. The van der Waals surface area contributed by atoms with Crippen LogP contribution in [-0.4, -0.2) is 25.3 Å². The molecule has 0 fully saturated rings. The van der Waals surface area contributed by atoms with E-state index >= 15 is 0 Å². The van der Waals surface area contributed by atoms with Crippen molar-refractivity contribution in [1.29, 1.82) is 0 Å². The minimum atomic E-state index is -0.204. The third-order valence-electron chi connectivity index (χ3n) is 2.74. The molecule has 0 saturated heterocycles. The van der Waals surface area contributed by atoms with E-state index in [0.29, 0.717) is 11.5 Å². The van der Waals surface area contributed by atoms with Crippen LogP contribution in [-0.2, 0) is 4.79 Å². The molecule has 0 aliphatic rings. The predicted octanol–water partition coefficient (Wildman–Crippen LogP) is 2.69. The standard InChI is InChI=1S/C13H15BrN4O/c1-3-10(14)13(19)17-11-5-4-6-16-12(11)18-8-7-15-9(18)2/h4-8,10H,3H2,1-2H3,(H,17,19). The van der Waals surface area contributed by atoms with Gasteiger partial charge in [0, 0.05) is 18.6 Å². The first-order chi connectivity index (χ1) is 9.13. The molecule has 0 bridgehead atoms. The maximum Gasteiger partial charge on any atom is 0.238 e. The van der Waals surface area contributed by atoms with Crippen LogP contribution in [0.5, 0.6) is 0 Å². The summed E-state index contributed by atoms with van der Waals surface area (Å²) < 4.78 is 1.84. The molecule has 100 valence electrons. The van der Waals surface area contributed by atoms with Gasteiger partial charge in [-0.1, -0.05) is 22.9 Å². The van der Waals surface area contributed by atoms with Gasteiger partial charge in [-0.05, 0) is 25.5 Å². The lowest BCUT2D eigenvalue weighted by atomic mass is 10.3. The topological polar surface area (TPSA) is 59.8 Å². The number of hydrogen-bond acceptors (Lipinski definition) is 3. The van der Waals surface area contributed by atoms with Crippen molar-refractivity contribution < 1.29 is 4.79 Å². The molecule has 1 unspecified atom stereocenters. The third-order valence-corrected chi connectivity index (χ3v) is 3.80. The van der Waals surface area contributed by atoms with Crippen molar-refractivity contribution in [2.24, 2.45) is 0 Å². The Morgan fingerprint density at radius 2 is 2.26 bits per heavy atom. The molecule has 5 nitrogen and oxygen atoms in total. The number of carbonyl (C=O) groups is 1. The lowest BCUT2D eigenvalue weighted by Crippen LogP contribution is -2.23. The summed E-state index contributed by atoms with van der Waals surface area (Å²) in [5.41, 5.74) is 0.673. The molecular weight excluding hydrogens is 308 g/mol. The smallest absolute Gasteiger partial charge is 0.238 e. The Bertz CT molecular complexity index is 582. The summed E-state index contributed by atoms with van der Waals surface area (Å²) in [4.78, 5) is 20.2. The van der Waals surface area contributed by atoms with Crippen LogP contribution >= 0.6 is 15.9 Å². The summed E-state index contributed by atoms with van der Waals surface area (Å²) in [5, 5.41) is 2.88. The monoisotopic (exact) mass is 322 g/mol. The van der Waals surface area contributed by atoms with Crippen molar-refractivity contribution in [3.63, 3.8) is 0 Å². The number of rotatable bonds is 4. The first-order valence-corrected chi connectivity index (χ1v) is 6.95. The van der Waals surface area contributed by atoms with Crippen LogP contribution in [0.1, 0.15) is 19.2 Å². The maximum absolute atomic E-state index is 11.9. The van der Waals surface area contributed by atoms with Crippen molar-refractivity contribution in [2.75, 3.05) is 5.32 Å². The molecule has 19 heavy (non-hydrogen) atoms. The van der Waals surface area contributed by atoms with Crippen molar-refractivity contribution in [3.05, 3.63) is 36.5 Å². The van der Waals surface area contributed by atoms with Crippen molar-refractivity contribution in [1.82, 2.24) is 14.5 Å². The minimum Gasteiger partial charge on any atom is -0.322 e. The molecular formula is C13H15BrN4O. The Hall–Kier alpha value is -1.69. The van der Waals surface area contributed by atoms with Gasteiger partial charge in [0.15, 0.2) is 5.82 Å². The van der Waals surface area contributed by atoms with E-state index in [2.05, 4.69) is 31.2 Å². The second-order valence-corrected chi connectivity index (χ2v) is 5.19. The lowest BCUT2D eigenvalue weighted by molar-refractivity contribution is -0.115. The molecule has 2 aromatic rings. The van der Waals surface area contributed by atoms with Gasteiger partial charge in [-0.25, -0.2) is 9.97 Å². The lowest BCUT2D eigenvalue weighted by Gasteiger charge is -2.13. The largest absolute Gasteiger partial charge is 0.322 e. The first kappa shape index (κ1) is 13.7. The third kappa shape index (κ3) is 3.01. The molecule has 2 heterocycles. The number of anilines is 1. The van der Waals surface area contributed by atoms with Crippen LogP contribution < -0.4 is 5.32 Å². The number of aryl methyl sites for hydroxylation is 1. The van der Waals surface area contributed by atoms with Gasteiger partial charge in [0.05, 0.1) is 10.5 Å². The van der Waals surface area contributed by atoms with Crippen molar-refractivity contribution in [3.8, 4) is 5.82 Å². The van der Waals surface area contributed by atoms with E-state index in [9.17, 15) is 4.79 Å². The summed E-state index contributed by atoms with van der Waals surface area (Å²) in [7, 11) is 0. The van der Waals surface area contributed by atoms with Gasteiger partial charge in [-0.3, -0.25) is 9.36 Å². The SMILES string of the molecule is CCC(Br)C(=O)Nc1cccnc1-n1ccnc1C. The summed E-state index contributed by atoms with van der Waals surface area (Å²) >= 11 is 3.34. The highest BCUT2D eigenvalue weighted by Gasteiger charge is 2.15. The predicted molar refractivity (Wildman–Crippen MR) is 77.7 cm³/mol. The maximum atomic E-state index is 11.9. The molecule has 0 radical (unpaired) electrons. The van der Waals surface area contributed by atoms with Gasteiger partial charge in [-0.15, -0.1) is 0 Å². The number of imidazole rings is 1. The molecule has 0 aliphatic carbocycles. The first-order valence-electron chi connectivity index (χ1n) is 6.03. The number of amides is 1. The minimum absolute atomic E-state index is 0.0745. The summed E-state index contributed by atoms with van der Waals surface area (Å²) in [6.07, 6.45) is 5.94. The Morgan fingerprint density at radius 3 is 2.89 bits per heavy atom. The second kappa shape index (κ2) is 5.97. The average molecular weight is 323 g/mol. The van der Waals surface area contributed by atoms with E-state index in [0.717, 1.165) is 12.2 Å². The van der Waals surface area contributed by atoms with Crippen LogP contribution in [0, 0.1) is 6.92 Å². The Kier molecular flexibility index (Phi) is 4.31. The molecule has 0 aliphatic heterocycles. The molecule has 2 aromatic heterocycles. The molecule has 2 rings (SSSR count).